The fourth-order valence-electron chi connectivity index (χ4n) is 3.25. The van der Waals surface area contributed by atoms with Gasteiger partial charge in [0, 0.05) is 36.7 Å². The molecule has 0 bridgehead atoms. The number of carbonyl (C=O) groups excluding carboxylic acids is 1. The number of aromatic nitrogens is 2. The van der Waals surface area contributed by atoms with Gasteiger partial charge in [0.1, 0.15) is 5.69 Å². The van der Waals surface area contributed by atoms with Gasteiger partial charge in [-0.05, 0) is 67.0 Å². The minimum atomic E-state index is -0.232. The molecule has 4 rings (SSSR count). The Hall–Kier alpha value is -2.99. The number of carbonyl (C=O) groups is 1. The second-order valence-electron chi connectivity index (χ2n) is 7.09. The van der Waals surface area contributed by atoms with Crippen LogP contribution in [-0.2, 0) is 4.74 Å². The lowest BCUT2D eigenvalue weighted by molar-refractivity contribution is 0.0493. The number of rotatable bonds is 5. The highest BCUT2D eigenvalue weighted by Gasteiger charge is 2.15. The van der Waals surface area contributed by atoms with Crippen molar-refractivity contribution in [3.05, 3.63) is 60.0 Å². The van der Waals surface area contributed by atoms with Crippen LogP contribution in [0.25, 0.3) is 10.8 Å². The van der Waals surface area contributed by atoms with E-state index < -0.39 is 0 Å². The first-order chi connectivity index (χ1) is 13.7. The molecule has 0 saturated carbocycles. The van der Waals surface area contributed by atoms with Gasteiger partial charge in [-0.1, -0.05) is 6.07 Å². The van der Waals surface area contributed by atoms with Gasteiger partial charge in [0.05, 0.1) is 6.61 Å². The summed E-state index contributed by atoms with van der Waals surface area (Å²) < 4.78 is 11.4. The van der Waals surface area contributed by atoms with E-state index in [4.69, 9.17) is 9.47 Å². The third kappa shape index (κ3) is 4.28. The first kappa shape index (κ1) is 18.4. The molecule has 0 spiro atoms. The number of fused-ring (bicyclic) bond motifs is 1. The largest absolute Gasteiger partial charge is 0.477 e. The van der Waals surface area contributed by atoms with Crippen molar-refractivity contribution in [2.75, 3.05) is 25.1 Å². The van der Waals surface area contributed by atoms with E-state index in [1.165, 1.54) is 0 Å². The summed E-state index contributed by atoms with van der Waals surface area (Å²) in [5.74, 6) is 0.901. The normalized spacial score (nSPS) is 14.8. The predicted molar refractivity (Wildman–Crippen MR) is 108 cm³/mol. The zero-order valence-corrected chi connectivity index (χ0v) is 15.9. The first-order valence-electron chi connectivity index (χ1n) is 9.52. The Kier molecular flexibility index (Phi) is 5.48. The van der Waals surface area contributed by atoms with Gasteiger partial charge in [0.15, 0.2) is 0 Å². The Bertz CT molecular complexity index is 966. The second-order valence-corrected chi connectivity index (χ2v) is 7.09. The fraction of sp³-hybridized carbons (Fsp3) is 0.318. The Morgan fingerprint density at radius 3 is 2.82 bits per heavy atom. The Morgan fingerprint density at radius 2 is 2.04 bits per heavy atom. The van der Waals surface area contributed by atoms with Crippen LogP contribution in [0.1, 0.15) is 28.9 Å². The van der Waals surface area contributed by atoms with E-state index in [0.29, 0.717) is 29.8 Å². The van der Waals surface area contributed by atoms with Crippen molar-refractivity contribution in [2.24, 2.45) is 5.92 Å². The topological polar surface area (TPSA) is 73.3 Å². The number of aryl methyl sites for hydroxylation is 1. The van der Waals surface area contributed by atoms with Crippen LogP contribution in [0.3, 0.4) is 0 Å². The first-order valence-corrected chi connectivity index (χ1v) is 9.52. The molecule has 0 unspecified atom stereocenters. The summed E-state index contributed by atoms with van der Waals surface area (Å²) in [5, 5.41) is 4.79. The molecule has 2 aromatic heterocycles. The van der Waals surface area contributed by atoms with E-state index in [1.807, 2.05) is 37.3 Å². The van der Waals surface area contributed by atoms with E-state index in [1.54, 1.807) is 18.5 Å². The van der Waals surface area contributed by atoms with Gasteiger partial charge in [-0.25, -0.2) is 4.98 Å². The SMILES string of the molecule is Cc1ccc(C(=O)Nc2ccc3c(OCC4CCOCC4)nccc3c2)nc1. The van der Waals surface area contributed by atoms with Crippen molar-refractivity contribution in [3.63, 3.8) is 0 Å². The third-order valence-electron chi connectivity index (χ3n) is 4.93. The summed E-state index contributed by atoms with van der Waals surface area (Å²) >= 11 is 0. The number of nitrogens with one attached hydrogen (secondary N) is 1. The summed E-state index contributed by atoms with van der Waals surface area (Å²) in [5.41, 5.74) is 2.12. The van der Waals surface area contributed by atoms with Crippen LogP contribution in [0.2, 0.25) is 0 Å². The third-order valence-corrected chi connectivity index (χ3v) is 4.93. The Morgan fingerprint density at radius 1 is 1.18 bits per heavy atom. The molecular weight excluding hydrogens is 354 g/mol. The van der Waals surface area contributed by atoms with Crippen LogP contribution >= 0.6 is 0 Å². The lowest BCUT2D eigenvalue weighted by Gasteiger charge is -2.22. The summed E-state index contributed by atoms with van der Waals surface area (Å²) in [7, 11) is 0. The summed E-state index contributed by atoms with van der Waals surface area (Å²) in [6.45, 7) is 4.19. The number of ether oxygens (including phenoxy) is 2. The van der Waals surface area contributed by atoms with Gasteiger partial charge in [0.25, 0.3) is 5.91 Å². The highest BCUT2D eigenvalue weighted by atomic mass is 16.5. The highest BCUT2D eigenvalue weighted by molar-refractivity contribution is 6.04. The lowest BCUT2D eigenvalue weighted by Crippen LogP contribution is -2.21. The van der Waals surface area contributed by atoms with Crippen LogP contribution < -0.4 is 10.1 Å². The number of hydrogen-bond acceptors (Lipinski definition) is 5. The molecule has 3 heterocycles. The van der Waals surface area contributed by atoms with Crippen molar-refractivity contribution in [2.45, 2.75) is 19.8 Å². The van der Waals surface area contributed by atoms with Crippen LogP contribution in [0.4, 0.5) is 5.69 Å². The molecule has 28 heavy (non-hydrogen) atoms. The molecular formula is C22H23N3O3. The summed E-state index contributed by atoms with van der Waals surface area (Å²) in [6.07, 6.45) is 5.46. The number of hydrogen-bond donors (Lipinski definition) is 1. The van der Waals surface area contributed by atoms with Crippen LogP contribution in [0.15, 0.2) is 48.8 Å². The Labute approximate surface area is 163 Å². The molecule has 6 nitrogen and oxygen atoms in total. The smallest absolute Gasteiger partial charge is 0.274 e. The molecule has 0 radical (unpaired) electrons. The average Bonchev–Trinajstić information content (AvgIpc) is 2.73. The van der Waals surface area contributed by atoms with Crippen molar-refractivity contribution < 1.29 is 14.3 Å². The zero-order valence-electron chi connectivity index (χ0n) is 15.9. The molecule has 1 aliphatic rings. The van der Waals surface area contributed by atoms with Crippen molar-refractivity contribution >= 4 is 22.4 Å². The zero-order chi connectivity index (χ0) is 19.3. The molecule has 1 saturated heterocycles. The minimum absolute atomic E-state index is 0.232. The van der Waals surface area contributed by atoms with E-state index in [0.717, 1.165) is 42.4 Å². The number of amides is 1. The number of benzene rings is 1. The van der Waals surface area contributed by atoms with E-state index in [9.17, 15) is 4.79 Å². The van der Waals surface area contributed by atoms with Crippen LogP contribution in [-0.4, -0.2) is 35.7 Å². The molecule has 6 heteroatoms. The predicted octanol–water partition coefficient (Wildman–Crippen LogP) is 4.00. The molecule has 1 aliphatic heterocycles. The Balaban J connectivity index is 1.48. The molecule has 3 aromatic rings. The van der Waals surface area contributed by atoms with Crippen molar-refractivity contribution in [3.8, 4) is 5.88 Å². The average molecular weight is 377 g/mol. The van der Waals surface area contributed by atoms with Gasteiger partial charge in [-0.3, -0.25) is 9.78 Å². The fourth-order valence-corrected chi connectivity index (χ4v) is 3.25. The quantitative estimate of drug-likeness (QED) is 0.728. The van der Waals surface area contributed by atoms with Crippen LogP contribution in [0, 0.1) is 12.8 Å². The van der Waals surface area contributed by atoms with E-state index in [-0.39, 0.29) is 5.91 Å². The van der Waals surface area contributed by atoms with Crippen molar-refractivity contribution in [1.82, 2.24) is 9.97 Å². The molecule has 0 aliphatic carbocycles. The second kappa shape index (κ2) is 8.35. The molecule has 1 N–H and O–H groups in total. The standard InChI is InChI=1S/C22H23N3O3/c1-15-2-5-20(24-13-15)21(26)25-18-3-4-19-17(12-18)6-9-23-22(19)28-14-16-7-10-27-11-8-16/h2-6,9,12-13,16H,7-8,10-11,14H2,1H3,(H,25,26). The van der Waals surface area contributed by atoms with Crippen LogP contribution in [0.5, 0.6) is 5.88 Å². The summed E-state index contributed by atoms with van der Waals surface area (Å²) in [4.78, 5) is 20.9. The van der Waals surface area contributed by atoms with Gasteiger partial charge in [-0.2, -0.15) is 0 Å². The van der Waals surface area contributed by atoms with Gasteiger partial charge >= 0.3 is 0 Å². The number of nitrogens with zero attached hydrogens (tertiary/aromatic N) is 2. The molecule has 144 valence electrons. The van der Waals surface area contributed by atoms with E-state index >= 15 is 0 Å². The molecule has 1 amide bonds. The van der Waals surface area contributed by atoms with E-state index in [2.05, 4.69) is 15.3 Å². The number of pyridine rings is 2. The van der Waals surface area contributed by atoms with Gasteiger partial charge in [-0.15, -0.1) is 0 Å². The highest BCUT2D eigenvalue weighted by Crippen LogP contribution is 2.27. The van der Waals surface area contributed by atoms with Gasteiger partial charge in [0.2, 0.25) is 5.88 Å². The maximum atomic E-state index is 12.4. The maximum absolute atomic E-state index is 12.4. The lowest BCUT2D eigenvalue weighted by atomic mass is 10.0. The molecule has 1 fully saturated rings. The minimum Gasteiger partial charge on any atom is -0.477 e. The van der Waals surface area contributed by atoms with Crippen molar-refractivity contribution in [1.29, 1.82) is 0 Å². The monoisotopic (exact) mass is 377 g/mol. The molecule has 1 aromatic carbocycles. The molecule has 0 atom stereocenters. The maximum Gasteiger partial charge on any atom is 0.274 e. The summed E-state index contributed by atoms with van der Waals surface area (Å²) in [6, 6.07) is 11.2. The van der Waals surface area contributed by atoms with Gasteiger partial charge < -0.3 is 14.8 Å². The number of anilines is 1.